The molecular formula is C31H38N4O5S. The summed E-state index contributed by atoms with van der Waals surface area (Å²) in [5.74, 6) is -0.286. The lowest BCUT2D eigenvalue weighted by atomic mass is 10.0. The van der Waals surface area contributed by atoms with Gasteiger partial charge in [-0.05, 0) is 76.9 Å². The Morgan fingerprint density at radius 2 is 1.39 bits per heavy atom. The lowest BCUT2D eigenvalue weighted by molar-refractivity contribution is 0.0240. The van der Waals surface area contributed by atoms with Crippen LogP contribution in [0.4, 0.5) is 26.0 Å². The van der Waals surface area contributed by atoms with E-state index in [0.717, 1.165) is 16.1 Å². The van der Waals surface area contributed by atoms with Crippen LogP contribution in [0.1, 0.15) is 51.2 Å². The number of nitrogens with zero attached hydrogens (tertiary/aromatic N) is 2. The summed E-state index contributed by atoms with van der Waals surface area (Å²) in [5.41, 5.74) is 1.57. The highest BCUT2D eigenvalue weighted by Gasteiger charge is 2.27. The molecule has 1 aliphatic heterocycles. The van der Waals surface area contributed by atoms with Crippen LogP contribution in [0.15, 0.2) is 60.7 Å². The Labute approximate surface area is 245 Å². The van der Waals surface area contributed by atoms with Crippen LogP contribution in [0.5, 0.6) is 0 Å². The van der Waals surface area contributed by atoms with Crippen molar-refractivity contribution < 1.29 is 23.9 Å². The first-order chi connectivity index (χ1) is 19.3. The highest BCUT2D eigenvalue weighted by Crippen LogP contribution is 2.32. The van der Waals surface area contributed by atoms with Gasteiger partial charge in [-0.2, -0.15) is 0 Å². The lowest BCUT2D eigenvalue weighted by Gasteiger charge is -2.36. The lowest BCUT2D eigenvalue weighted by Crippen LogP contribution is -2.49. The zero-order valence-electron chi connectivity index (χ0n) is 24.4. The molecule has 1 aliphatic rings. The van der Waals surface area contributed by atoms with E-state index in [4.69, 9.17) is 9.47 Å². The van der Waals surface area contributed by atoms with Crippen LogP contribution in [0.2, 0.25) is 0 Å². The number of hydrogen-bond donors (Lipinski definition) is 2. The molecule has 2 N–H and O–H groups in total. The third-order valence-corrected chi connectivity index (χ3v) is 7.21. The first-order valence-corrected chi connectivity index (χ1v) is 14.4. The summed E-state index contributed by atoms with van der Waals surface area (Å²) in [4.78, 5) is 42.7. The van der Waals surface area contributed by atoms with Crippen LogP contribution in [0.3, 0.4) is 0 Å². The molecule has 1 fully saturated rings. The van der Waals surface area contributed by atoms with Crippen LogP contribution in [0.25, 0.3) is 11.1 Å². The number of piperazine rings is 1. The van der Waals surface area contributed by atoms with Gasteiger partial charge in [-0.15, -0.1) is 11.3 Å². The molecule has 0 bridgehead atoms. The Morgan fingerprint density at radius 1 is 0.732 bits per heavy atom. The predicted molar refractivity (Wildman–Crippen MR) is 164 cm³/mol. The maximum atomic E-state index is 13.4. The van der Waals surface area contributed by atoms with E-state index in [1.807, 2.05) is 69.3 Å². The van der Waals surface area contributed by atoms with Gasteiger partial charge in [-0.1, -0.05) is 36.4 Å². The van der Waals surface area contributed by atoms with Gasteiger partial charge in [0.05, 0.1) is 21.3 Å². The summed E-state index contributed by atoms with van der Waals surface area (Å²) in [6, 6.07) is 19.0. The van der Waals surface area contributed by atoms with Gasteiger partial charge in [0.15, 0.2) is 0 Å². The third kappa shape index (κ3) is 8.47. The molecule has 0 radical (unpaired) electrons. The van der Waals surface area contributed by atoms with E-state index in [9.17, 15) is 14.4 Å². The molecule has 2 heterocycles. The third-order valence-electron chi connectivity index (χ3n) is 6.07. The number of amides is 3. The van der Waals surface area contributed by atoms with Gasteiger partial charge in [0.1, 0.15) is 11.2 Å². The van der Waals surface area contributed by atoms with E-state index in [1.54, 1.807) is 37.8 Å². The SMILES string of the molecule is CC(C)(C)OC(=O)Nc1ccc(-c2ccccc2)cc1NC(=O)c1ccc(N2CCN(C(=O)OC(C)(C)C)CC2)s1. The van der Waals surface area contributed by atoms with E-state index in [1.165, 1.54) is 11.3 Å². The molecule has 1 aromatic heterocycles. The average molecular weight is 579 g/mol. The highest BCUT2D eigenvalue weighted by molar-refractivity contribution is 7.18. The molecule has 3 aromatic rings. The summed E-state index contributed by atoms with van der Waals surface area (Å²) < 4.78 is 10.9. The Bertz CT molecular complexity index is 1380. The van der Waals surface area contributed by atoms with Gasteiger partial charge in [0.2, 0.25) is 0 Å². The van der Waals surface area contributed by atoms with Crippen molar-refractivity contribution in [2.75, 3.05) is 41.7 Å². The molecule has 0 unspecified atom stereocenters. The number of ether oxygens (including phenoxy) is 2. The van der Waals surface area contributed by atoms with Crippen molar-refractivity contribution in [3.8, 4) is 11.1 Å². The minimum Gasteiger partial charge on any atom is -0.444 e. The zero-order valence-corrected chi connectivity index (χ0v) is 25.3. The fourth-order valence-corrected chi connectivity index (χ4v) is 5.17. The van der Waals surface area contributed by atoms with Crippen LogP contribution in [0, 0.1) is 0 Å². The molecule has 4 rings (SSSR count). The molecule has 0 atom stereocenters. The van der Waals surface area contributed by atoms with Crippen molar-refractivity contribution >= 4 is 45.8 Å². The Hall–Kier alpha value is -4.05. The van der Waals surface area contributed by atoms with E-state index >= 15 is 0 Å². The number of thiophene rings is 1. The van der Waals surface area contributed by atoms with Crippen molar-refractivity contribution in [2.45, 2.75) is 52.7 Å². The van der Waals surface area contributed by atoms with Gasteiger partial charge < -0.3 is 24.6 Å². The highest BCUT2D eigenvalue weighted by atomic mass is 32.1. The summed E-state index contributed by atoms with van der Waals surface area (Å²) in [7, 11) is 0. The molecule has 0 spiro atoms. The quantitative estimate of drug-likeness (QED) is 0.336. The maximum Gasteiger partial charge on any atom is 0.412 e. The fraction of sp³-hybridized carbons (Fsp3) is 0.387. The average Bonchev–Trinajstić information content (AvgIpc) is 3.39. The van der Waals surface area contributed by atoms with Gasteiger partial charge in [0, 0.05) is 26.2 Å². The molecular weight excluding hydrogens is 540 g/mol. The number of hydrogen-bond acceptors (Lipinski definition) is 7. The molecule has 10 heteroatoms. The molecule has 3 amide bonds. The van der Waals surface area contributed by atoms with Gasteiger partial charge in [-0.3, -0.25) is 10.1 Å². The maximum absolute atomic E-state index is 13.4. The van der Waals surface area contributed by atoms with Crippen molar-refractivity contribution in [3.63, 3.8) is 0 Å². The minimum absolute atomic E-state index is 0.286. The Balaban J connectivity index is 1.47. The fourth-order valence-electron chi connectivity index (χ4n) is 4.22. The Kier molecular flexibility index (Phi) is 8.92. The predicted octanol–water partition coefficient (Wildman–Crippen LogP) is 7.07. The number of nitrogens with one attached hydrogen (secondary N) is 2. The summed E-state index contributed by atoms with van der Waals surface area (Å²) in [6.45, 7) is 13.3. The Morgan fingerprint density at radius 3 is 2.02 bits per heavy atom. The number of carbonyl (C=O) groups is 3. The minimum atomic E-state index is -0.663. The summed E-state index contributed by atoms with van der Waals surface area (Å²) in [6.07, 6.45) is -0.915. The van der Waals surface area contributed by atoms with Crippen LogP contribution < -0.4 is 15.5 Å². The second-order valence-electron chi connectivity index (χ2n) is 11.8. The molecule has 218 valence electrons. The molecule has 0 aliphatic carbocycles. The molecule has 41 heavy (non-hydrogen) atoms. The van der Waals surface area contributed by atoms with E-state index in [0.29, 0.717) is 42.4 Å². The van der Waals surface area contributed by atoms with Crippen molar-refractivity contribution in [3.05, 3.63) is 65.5 Å². The molecule has 2 aromatic carbocycles. The van der Waals surface area contributed by atoms with Crippen LogP contribution >= 0.6 is 11.3 Å². The first kappa shape index (κ1) is 29.9. The zero-order chi connectivity index (χ0) is 29.8. The first-order valence-electron chi connectivity index (χ1n) is 13.6. The molecule has 0 saturated carbocycles. The number of anilines is 3. The van der Waals surface area contributed by atoms with Crippen molar-refractivity contribution in [1.82, 2.24) is 4.90 Å². The summed E-state index contributed by atoms with van der Waals surface area (Å²) >= 11 is 1.38. The number of benzene rings is 2. The van der Waals surface area contributed by atoms with Gasteiger partial charge in [0.25, 0.3) is 5.91 Å². The van der Waals surface area contributed by atoms with Crippen LogP contribution in [-0.4, -0.2) is 60.4 Å². The summed E-state index contributed by atoms with van der Waals surface area (Å²) in [5, 5.41) is 6.69. The molecule has 1 saturated heterocycles. The smallest absolute Gasteiger partial charge is 0.412 e. The molecule has 9 nitrogen and oxygen atoms in total. The van der Waals surface area contributed by atoms with Gasteiger partial charge in [-0.25, -0.2) is 9.59 Å². The van der Waals surface area contributed by atoms with Crippen molar-refractivity contribution in [2.24, 2.45) is 0 Å². The largest absolute Gasteiger partial charge is 0.444 e. The monoisotopic (exact) mass is 578 g/mol. The van der Waals surface area contributed by atoms with E-state index in [2.05, 4.69) is 15.5 Å². The number of carbonyl (C=O) groups excluding carboxylic acids is 3. The van der Waals surface area contributed by atoms with Crippen molar-refractivity contribution in [1.29, 1.82) is 0 Å². The standard InChI is InChI=1S/C31H38N4O5S/c1-30(2,3)39-28(37)33-23-13-12-22(21-10-8-7-9-11-21)20-24(23)32-27(36)25-14-15-26(41-25)34-16-18-35(19-17-34)29(38)40-31(4,5)6/h7-15,20H,16-19H2,1-6H3,(H,32,36)(H,33,37). The topological polar surface area (TPSA) is 100 Å². The van der Waals surface area contributed by atoms with Crippen LogP contribution in [-0.2, 0) is 9.47 Å². The second kappa shape index (κ2) is 12.2. The second-order valence-corrected chi connectivity index (χ2v) is 12.9. The number of rotatable bonds is 5. The van der Waals surface area contributed by atoms with E-state index < -0.39 is 17.3 Å². The normalized spacial score (nSPS) is 13.9. The van der Waals surface area contributed by atoms with Gasteiger partial charge >= 0.3 is 12.2 Å². The van der Waals surface area contributed by atoms with E-state index in [-0.39, 0.29) is 12.0 Å².